The van der Waals surface area contributed by atoms with Crippen LogP contribution in [0.3, 0.4) is 0 Å². The average Bonchev–Trinajstić information content (AvgIpc) is 2.62. The van der Waals surface area contributed by atoms with Gasteiger partial charge in [-0.15, -0.1) is 0 Å². The minimum absolute atomic E-state index is 0.297. The molecule has 1 atom stereocenters. The fourth-order valence-electron chi connectivity index (χ4n) is 1.52. The van der Waals surface area contributed by atoms with Crippen LogP contribution in [0.5, 0.6) is 5.75 Å². The number of nitrogens with zero attached hydrogens (tertiary/aromatic N) is 2. The second-order valence-electron chi connectivity index (χ2n) is 3.37. The van der Waals surface area contributed by atoms with Gasteiger partial charge in [0.05, 0.1) is 13.3 Å². The highest BCUT2D eigenvalue weighted by molar-refractivity contribution is 5.27. The predicted octanol–water partition coefficient (Wildman–Crippen LogP) is 1.66. The summed E-state index contributed by atoms with van der Waals surface area (Å²) in [6.07, 6.45) is 1.66. The van der Waals surface area contributed by atoms with Gasteiger partial charge < -0.3 is 10.5 Å². The molecule has 2 N–H and O–H groups in total. The van der Waals surface area contributed by atoms with Crippen LogP contribution in [-0.4, -0.2) is 23.4 Å². The minimum atomic E-state index is -1.10. The number of aryl methyl sites for hydroxylation is 1. The Bertz CT molecular complexity index is 301. The van der Waals surface area contributed by atoms with Crippen molar-refractivity contribution in [3.05, 3.63) is 11.9 Å². The largest absolute Gasteiger partial charge is 0.493 e. The van der Waals surface area contributed by atoms with Gasteiger partial charge in [0.15, 0.2) is 5.75 Å². The molecule has 86 valence electrons. The van der Waals surface area contributed by atoms with E-state index in [0.717, 1.165) is 6.42 Å². The molecule has 4 nitrogen and oxygen atoms in total. The number of rotatable bonds is 6. The number of halogens is 1. The van der Waals surface area contributed by atoms with Crippen LogP contribution in [-0.2, 0) is 6.54 Å². The lowest BCUT2D eigenvalue weighted by Crippen LogP contribution is -2.11. The summed E-state index contributed by atoms with van der Waals surface area (Å²) in [5.41, 5.74) is 5.85. The second-order valence-corrected chi connectivity index (χ2v) is 3.37. The minimum Gasteiger partial charge on any atom is -0.493 e. The summed E-state index contributed by atoms with van der Waals surface area (Å²) in [5, 5.41) is 4.09. The molecule has 1 aromatic rings. The third-order valence-corrected chi connectivity index (χ3v) is 2.22. The number of aromatic nitrogens is 2. The van der Waals surface area contributed by atoms with Crippen LogP contribution in [0.25, 0.3) is 0 Å². The predicted molar refractivity (Wildman–Crippen MR) is 56.6 cm³/mol. The summed E-state index contributed by atoms with van der Waals surface area (Å²) in [6.45, 7) is 3.04. The van der Waals surface area contributed by atoms with Gasteiger partial charge in [0, 0.05) is 6.54 Å². The Morgan fingerprint density at radius 3 is 2.93 bits per heavy atom. The van der Waals surface area contributed by atoms with Crippen LogP contribution in [0.15, 0.2) is 6.20 Å². The van der Waals surface area contributed by atoms with E-state index in [0.29, 0.717) is 31.0 Å². The lowest BCUT2D eigenvalue weighted by atomic mass is 10.2. The monoisotopic (exact) mass is 215 g/mol. The van der Waals surface area contributed by atoms with Crippen molar-refractivity contribution in [3.8, 4) is 5.75 Å². The third kappa shape index (κ3) is 2.68. The Morgan fingerprint density at radius 1 is 1.67 bits per heavy atom. The molecule has 0 spiro atoms. The Morgan fingerprint density at radius 2 is 2.40 bits per heavy atom. The van der Waals surface area contributed by atoms with Gasteiger partial charge in [0.2, 0.25) is 0 Å². The second kappa shape index (κ2) is 5.70. The molecule has 1 aromatic heterocycles. The smallest absolute Gasteiger partial charge is 0.162 e. The van der Waals surface area contributed by atoms with Gasteiger partial charge in [-0.1, -0.05) is 6.92 Å². The maximum atomic E-state index is 13.8. The lowest BCUT2D eigenvalue weighted by Gasteiger charge is -2.11. The molecule has 0 aromatic carbocycles. The summed E-state index contributed by atoms with van der Waals surface area (Å²) in [6, 6.07) is 0. The van der Waals surface area contributed by atoms with Crippen molar-refractivity contribution in [2.45, 2.75) is 32.5 Å². The number of hydrogen-bond acceptors (Lipinski definition) is 3. The molecule has 0 saturated carbocycles. The highest BCUT2D eigenvalue weighted by atomic mass is 19.1. The van der Waals surface area contributed by atoms with E-state index in [1.807, 2.05) is 6.92 Å². The van der Waals surface area contributed by atoms with Crippen LogP contribution in [0.4, 0.5) is 4.39 Å². The molecule has 1 unspecified atom stereocenters. The molecule has 0 aliphatic rings. The molecule has 15 heavy (non-hydrogen) atoms. The zero-order valence-corrected chi connectivity index (χ0v) is 9.24. The van der Waals surface area contributed by atoms with Gasteiger partial charge in [-0.2, -0.15) is 5.10 Å². The molecule has 1 heterocycles. The van der Waals surface area contributed by atoms with Crippen molar-refractivity contribution < 1.29 is 9.13 Å². The number of nitrogens with two attached hydrogens (primary N) is 1. The van der Waals surface area contributed by atoms with E-state index in [9.17, 15) is 4.39 Å². The Hall–Kier alpha value is -1.10. The third-order valence-electron chi connectivity index (χ3n) is 2.22. The van der Waals surface area contributed by atoms with E-state index in [1.165, 1.54) is 7.11 Å². The number of ether oxygens (including phenoxy) is 1. The number of methoxy groups -OCH3 is 1. The van der Waals surface area contributed by atoms with E-state index >= 15 is 0 Å². The van der Waals surface area contributed by atoms with Gasteiger partial charge in [-0.25, -0.2) is 4.39 Å². The highest BCUT2D eigenvalue weighted by Crippen LogP contribution is 2.29. The van der Waals surface area contributed by atoms with Gasteiger partial charge in [-0.05, 0) is 19.4 Å². The van der Waals surface area contributed by atoms with Crippen molar-refractivity contribution in [1.82, 2.24) is 9.78 Å². The zero-order chi connectivity index (χ0) is 11.3. The van der Waals surface area contributed by atoms with Gasteiger partial charge in [0.1, 0.15) is 11.9 Å². The zero-order valence-electron chi connectivity index (χ0n) is 9.24. The molecule has 0 amide bonds. The standard InChI is InChI=1S/C10H18FN3O/c1-3-6-14-10(8(11)4-5-12)9(15-2)7-13-14/h7-8H,3-6,12H2,1-2H3. The molecular weight excluding hydrogens is 197 g/mol. The molecule has 5 heteroatoms. The van der Waals surface area contributed by atoms with Crippen molar-refractivity contribution in [2.24, 2.45) is 5.73 Å². The molecule has 0 radical (unpaired) electrons. The Balaban J connectivity index is 2.93. The van der Waals surface area contributed by atoms with E-state index in [2.05, 4.69) is 5.10 Å². The first-order valence-corrected chi connectivity index (χ1v) is 5.18. The first-order valence-electron chi connectivity index (χ1n) is 5.18. The Kier molecular flexibility index (Phi) is 4.55. The van der Waals surface area contributed by atoms with Crippen molar-refractivity contribution >= 4 is 0 Å². The van der Waals surface area contributed by atoms with Gasteiger partial charge in [-0.3, -0.25) is 4.68 Å². The van der Waals surface area contributed by atoms with Crippen LogP contribution in [0, 0.1) is 0 Å². The van der Waals surface area contributed by atoms with Crippen molar-refractivity contribution in [2.75, 3.05) is 13.7 Å². The fourth-order valence-corrected chi connectivity index (χ4v) is 1.52. The molecule has 0 fully saturated rings. The highest BCUT2D eigenvalue weighted by Gasteiger charge is 2.20. The molecule has 1 rings (SSSR count). The summed E-state index contributed by atoms with van der Waals surface area (Å²) in [5.74, 6) is 0.504. The van der Waals surface area contributed by atoms with Crippen LogP contribution >= 0.6 is 0 Å². The van der Waals surface area contributed by atoms with Gasteiger partial charge >= 0.3 is 0 Å². The first kappa shape index (κ1) is 12.0. The molecule has 0 saturated heterocycles. The SMILES string of the molecule is CCCn1ncc(OC)c1C(F)CCN. The maximum Gasteiger partial charge on any atom is 0.162 e. The topological polar surface area (TPSA) is 53.1 Å². The summed E-state index contributed by atoms with van der Waals surface area (Å²) >= 11 is 0. The number of hydrogen-bond donors (Lipinski definition) is 1. The molecule has 0 bridgehead atoms. The molecule has 0 aliphatic heterocycles. The molecule has 0 aliphatic carbocycles. The normalized spacial score (nSPS) is 12.8. The lowest BCUT2D eigenvalue weighted by molar-refractivity contribution is 0.290. The van der Waals surface area contributed by atoms with Crippen molar-refractivity contribution in [1.29, 1.82) is 0 Å². The van der Waals surface area contributed by atoms with E-state index in [4.69, 9.17) is 10.5 Å². The summed E-state index contributed by atoms with van der Waals surface area (Å²) in [4.78, 5) is 0. The van der Waals surface area contributed by atoms with Crippen molar-refractivity contribution in [3.63, 3.8) is 0 Å². The van der Waals surface area contributed by atoms with Crippen LogP contribution < -0.4 is 10.5 Å². The summed E-state index contributed by atoms with van der Waals surface area (Å²) < 4.78 is 20.5. The quantitative estimate of drug-likeness (QED) is 0.785. The van der Waals surface area contributed by atoms with E-state index in [1.54, 1.807) is 10.9 Å². The van der Waals surface area contributed by atoms with Gasteiger partial charge in [0.25, 0.3) is 0 Å². The van der Waals surface area contributed by atoms with Crippen LogP contribution in [0.1, 0.15) is 31.6 Å². The van der Waals surface area contributed by atoms with E-state index in [-0.39, 0.29) is 0 Å². The first-order chi connectivity index (χ1) is 7.24. The maximum absolute atomic E-state index is 13.8. The van der Waals surface area contributed by atoms with Crippen LogP contribution in [0.2, 0.25) is 0 Å². The number of alkyl halides is 1. The fraction of sp³-hybridized carbons (Fsp3) is 0.700. The Labute approximate surface area is 89.2 Å². The average molecular weight is 215 g/mol. The molecular formula is C10H18FN3O. The van der Waals surface area contributed by atoms with E-state index < -0.39 is 6.17 Å². The summed E-state index contributed by atoms with van der Waals surface area (Å²) in [7, 11) is 1.52.